The number of ether oxygens (including phenoxy) is 1. The predicted octanol–water partition coefficient (Wildman–Crippen LogP) is 9.47. The van der Waals surface area contributed by atoms with E-state index in [1.165, 1.54) is 22.5 Å². The highest BCUT2D eigenvalue weighted by Crippen LogP contribution is 2.35. The predicted molar refractivity (Wildman–Crippen MR) is 166 cm³/mol. The first-order chi connectivity index (χ1) is 18.2. The molecule has 206 valence electrons. The molecule has 3 aromatic rings. The number of methoxy groups -OCH3 is 1. The van der Waals surface area contributed by atoms with Crippen molar-refractivity contribution < 1.29 is 4.74 Å². The van der Waals surface area contributed by atoms with Crippen molar-refractivity contribution in [2.75, 3.05) is 31.7 Å². The molecular weight excluding hydrogens is 452 g/mol. The van der Waals surface area contributed by atoms with Gasteiger partial charge >= 0.3 is 0 Å². The number of benzene rings is 3. The Balaban J connectivity index is 0.00000102. The Labute approximate surface area is 229 Å². The largest absolute Gasteiger partial charge is 0.385 e. The molecule has 0 amide bonds. The first-order valence-corrected chi connectivity index (χ1v) is 14.4. The third-order valence-corrected chi connectivity index (χ3v) is 5.72. The number of rotatable bonds is 7. The Morgan fingerprint density at radius 1 is 0.811 bits per heavy atom. The monoisotopic (exact) mass is 506 g/mol. The molecule has 0 aromatic heterocycles. The number of hydrogen-bond donors (Lipinski definition) is 1. The van der Waals surface area contributed by atoms with Crippen molar-refractivity contribution in [1.82, 2.24) is 5.32 Å². The molecule has 0 fully saturated rings. The van der Waals surface area contributed by atoms with Crippen LogP contribution >= 0.6 is 0 Å². The van der Waals surface area contributed by atoms with Crippen LogP contribution in [0.5, 0.6) is 0 Å². The zero-order chi connectivity index (χ0) is 27.9. The molecule has 37 heavy (non-hydrogen) atoms. The maximum absolute atomic E-state index is 4.69. The van der Waals surface area contributed by atoms with Gasteiger partial charge in [0.25, 0.3) is 0 Å². The summed E-state index contributed by atoms with van der Waals surface area (Å²) in [6.45, 7) is 19.3. The van der Waals surface area contributed by atoms with E-state index >= 15 is 0 Å². The molecule has 0 radical (unpaired) electrons. The fraction of sp³-hybridized carbons (Fsp3) is 0.471. The summed E-state index contributed by atoms with van der Waals surface area (Å²) in [6.07, 6.45) is 2.25. The van der Waals surface area contributed by atoms with Crippen LogP contribution in [-0.4, -0.2) is 26.8 Å². The van der Waals surface area contributed by atoms with Crippen LogP contribution in [0.4, 0.5) is 11.4 Å². The van der Waals surface area contributed by atoms with Gasteiger partial charge in [-0.15, -0.1) is 0 Å². The highest BCUT2D eigenvalue weighted by Gasteiger charge is 2.25. The van der Waals surface area contributed by atoms with Crippen molar-refractivity contribution >= 4 is 11.4 Å². The van der Waals surface area contributed by atoms with Gasteiger partial charge in [0.05, 0.1) is 0 Å². The molecule has 1 N–H and O–H groups in total. The van der Waals surface area contributed by atoms with Gasteiger partial charge in [0.15, 0.2) is 0 Å². The van der Waals surface area contributed by atoms with Gasteiger partial charge in [0.1, 0.15) is 0 Å². The standard InChI is InChI=1S/C24H26N2.C4H10O.3C2H6/c1-19(21-10-4-2-5-11-21)25-17-20-16-22-12-8-9-15-24(22)26(18-20)23-13-6-3-7-14-23;1-3-4-5-2;3*1-2/h2-15,19-20,25H,16-18H2,1H3;3-4H2,1-2H3;3*1-2H3/t19-,20?;;;;/m1..../s1. The smallest absolute Gasteiger partial charge is 0.0459 e. The quantitative estimate of drug-likeness (QED) is 0.345. The Hall–Kier alpha value is -2.62. The van der Waals surface area contributed by atoms with Crippen LogP contribution in [0.15, 0.2) is 84.9 Å². The van der Waals surface area contributed by atoms with Crippen molar-refractivity contribution in [3.8, 4) is 0 Å². The lowest BCUT2D eigenvalue weighted by atomic mass is 9.91. The van der Waals surface area contributed by atoms with Gasteiger partial charge in [0, 0.05) is 44.2 Å². The Morgan fingerprint density at radius 2 is 1.35 bits per heavy atom. The molecule has 0 saturated carbocycles. The Morgan fingerprint density at radius 3 is 1.89 bits per heavy atom. The molecular formula is C34H54N2O. The molecule has 0 aliphatic carbocycles. The maximum Gasteiger partial charge on any atom is 0.0459 e. The van der Waals surface area contributed by atoms with Gasteiger partial charge in [-0.05, 0) is 55.0 Å². The SMILES string of the molecule is CC.CC.CC.CCCOC.C[C@@H](NCC1Cc2ccccc2N(c2ccccc2)C1)c1ccccc1. The van der Waals surface area contributed by atoms with Crippen LogP contribution < -0.4 is 10.2 Å². The fourth-order valence-corrected chi connectivity index (χ4v) is 4.08. The first kappa shape index (κ1) is 34.4. The summed E-state index contributed by atoms with van der Waals surface area (Å²) in [4.78, 5) is 2.47. The summed E-state index contributed by atoms with van der Waals surface area (Å²) in [5, 5.41) is 3.74. The third-order valence-electron chi connectivity index (χ3n) is 5.72. The number of para-hydroxylation sites is 2. The van der Waals surface area contributed by atoms with Crippen molar-refractivity contribution in [3.05, 3.63) is 96.1 Å². The van der Waals surface area contributed by atoms with Crippen molar-refractivity contribution in [1.29, 1.82) is 0 Å². The van der Waals surface area contributed by atoms with Gasteiger partial charge in [-0.1, -0.05) is 115 Å². The van der Waals surface area contributed by atoms with Gasteiger partial charge in [0.2, 0.25) is 0 Å². The number of anilines is 2. The third kappa shape index (κ3) is 12.5. The molecule has 0 spiro atoms. The van der Waals surface area contributed by atoms with E-state index in [9.17, 15) is 0 Å². The molecule has 2 atom stereocenters. The lowest BCUT2D eigenvalue weighted by molar-refractivity contribution is 0.199. The number of nitrogens with one attached hydrogen (secondary N) is 1. The maximum atomic E-state index is 4.69. The average Bonchev–Trinajstić information content (AvgIpc) is 3.00. The second-order valence-electron chi connectivity index (χ2n) is 8.18. The minimum atomic E-state index is 0.374. The Bertz CT molecular complexity index is 881. The fourth-order valence-electron chi connectivity index (χ4n) is 4.08. The van der Waals surface area contributed by atoms with Crippen molar-refractivity contribution in [2.24, 2.45) is 5.92 Å². The van der Waals surface area contributed by atoms with Crippen molar-refractivity contribution in [2.45, 2.75) is 74.3 Å². The molecule has 0 saturated heterocycles. The van der Waals surface area contributed by atoms with E-state index in [-0.39, 0.29) is 0 Å². The second-order valence-corrected chi connectivity index (χ2v) is 8.18. The average molecular weight is 507 g/mol. The van der Waals surface area contributed by atoms with Crippen molar-refractivity contribution in [3.63, 3.8) is 0 Å². The van der Waals surface area contributed by atoms with Crippen LogP contribution in [0.2, 0.25) is 0 Å². The molecule has 1 unspecified atom stereocenters. The topological polar surface area (TPSA) is 24.5 Å². The van der Waals surface area contributed by atoms with Crippen LogP contribution in [-0.2, 0) is 11.2 Å². The summed E-state index contributed by atoms with van der Waals surface area (Å²) < 4.78 is 4.69. The minimum Gasteiger partial charge on any atom is -0.385 e. The van der Waals surface area contributed by atoms with Gasteiger partial charge < -0.3 is 15.0 Å². The minimum absolute atomic E-state index is 0.374. The van der Waals surface area contributed by atoms with Gasteiger partial charge in [-0.3, -0.25) is 0 Å². The van der Waals surface area contributed by atoms with Crippen LogP contribution in [0, 0.1) is 5.92 Å². The number of nitrogens with zero attached hydrogens (tertiary/aromatic N) is 1. The van der Waals surface area contributed by atoms with E-state index in [0.717, 1.165) is 32.5 Å². The van der Waals surface area contributed by atoms with Gasteiger partial charge in [-0.25, -0.2) is 0 Å². The first-order valence-electron chi connectivity index (χ1n) is 14.4. The van der Waals surface area contributed by atoms with E-state index in [4.69, 9.17) is 4.74 Å². The molecule has 0 bridgehead atoms. The summed E-state index contributed by atoms with van der Waals surface area (Å²) in [6, 6.07) is 30.6. The zero-order valence-electron chi connectivity index (χ0n) is 25.1. The molecule has 3 nitrogen and oxygen atoms in total. The van der Waals surface area contributed by atoms with Gasteiger partial charge in [-0.2, -0.15) is 0 Å². The highest BCUT2D eigenvalue weighted by atomic mass is 16.5. The highest BCUT2D eigenvalue weighted by molar-refractivity contribution is 5.67. The van der Waals surface area contributed by atoms with E-state index in [0.29, 0.717) is 12.0 Å². The van der Waals surface area contributed by atoms with E-state index < -0.39 is 0 Å². The molecule has 3 aromatic carbocycles. The lowest BCUT2D eigenvalue weighted by Crippen LogP contribution is -2.38. The van der Waals surface area contributed by atoms with Crippen LogP contribution in [0.1, 0.15) is 79.0 Å². The Kier molecular flexibility index (Phi) is 21.0. The normalized spacial score (nSPS) is 14.0. The molecule has 1 aliphatic heterocycles. The number of hydrogen-bond acceptors (Lipinski definition) is 3. The summed E-state index contributed by atoms with van der Waals surface area (Å²) >= 11 is 0. The molecule has 1 aliphatic rings. The second kappa shape index (κ2) is 22.6. The summed E-state index contributed by atoms with van der Waals surface area (Å²) in [7, 11) is 1.71. The zero-order valence-corrected chi connectivity index (χ0v) is 25.1. The summed E-state index contributed by atoms with van der Waals surface area (Å²) in [5.41, 5.74) is 5.43. The van der Waals surface area contributed by atoms with E-state index in [2.05, 4.69) is 109 Å². The van der Waals surface area contributed by atoms with Crippen LogP contribution in [0.3, 0.4) is 0 Å². The van der Waals surface area contributed by atoms with E-state index in [1.54, 1.807) is 7.11 Å². The molecule has 4 rings (SSSR count). The molecule has 1 heterocycles. The lowest BCUT2D eigenvalue weighted by Gasteiger charge is -2.36. The van der Waals surface area contributed by atoms with E-state index in [1.807, 2.05) is 41.5 Å². The number of fused-ring (bicyclic) bond motifs is 1. The molecule has 3 heteroatoms. The summed E-state index contributed by atoms with van der Waals surface area (Å²) in [5.74, 6) is 0.594. The van der Waals surface area contributed by atoms with Crippen LogP contribution in [0.25, 0.3) is 0 Å².